The predicted molar refractivity (Wildman–Crippen MR) is 107 cm³/mol. The highest BCUT2D eigenvalue weighted by molar-refractivity contribution is 7.99. The number of aromatic nitrogens is 2. The second kappa shape index (κ2) is 8.55. The van der Waals surface area contributed by atoms with Crippen molar-refractivity contribution >= 4 is 23.5 Å². The lowest BCUT2D eigenvalue weighted by Gasteiger charge is -2.26. The Labute approximate surface area is 167 Å². The smallest absolute Gasteiger partial charge is 0.257 e. The van der Waals surface area contributed by atoms with Crippen molar-refractivity contribution in [1.82, 2.24) is 9.97 Å². The quantitative estimate of drug-likeness (QED) is 0.539. The summed E-state index contributed by atoms with van der Waals surface area (Å²) < 4.78 is 16.2. The second-order valence-corrected chi connectivity index (χ2v) is 7.32. The summed E-state index contributed by atoms with van der Waals surface area (Å²) >= 11 is 1.45. The molecule has 1 aromatic carbocycles. The molecule has 3 rings (SSSR count). The number of H-pyrrole nitrogens is 1. The number of nitrogens with one attached hydrogen (secondary N) is 2. The molecule has 1 amide bonds. The molecule has 1 unspecified atom stereocenters. The van der Waals surface area contributed by atoms with E-state index < -0.39 is 5.92 Å². The zero-order chi connectivity index (χ0) is 20.3. The van der Waals surface area contributed by atoms with Crippen molar-refractivity contribution in [2.75, 3.05) is 32.4 Å². The molecule has 9 heteroatoms. The van der Waals surface area contributed by atoms with Crippen LogP contribution in [0.2, 0.25) is 0 Å². The maximum absolute atomic E-state index is 12.9. The van der Waals surface area contributed by atoms with E-state index in [9.17, 15) is 9.59 Å². The number of aromatic amines is 1. The SMILES string of the molecule is CCCSc1nc2c(c(=O)[nH]1)C(c1cc(OC)c(OC)cc1OC)CC(=O)N2. The van der Waals surface area contributed by atoms with Crippen LogP contribution in [-0.4, -0.2) is 43.0 Å². The number of amides is 1. The van der Waals surface area contributed by atoms with Gasteiger partial charge in [-0.25, -0.2) is 4.98 Å². The molecule has 1 aromatic heterocycles. The van der Waals surface area contributed by atoms with Gasteiger partial charge >= 0.3 is 0 Å². The van der Waals surface area contributed by atoms with Crippen molar-refractivity contribution in [3.05, 3.63) is 33.6 Å². The largest absolute Gasteiger partial charge is 0.496 e. The summed E-state index contributed by atoms with van der Waals surface area (Å²) in [4.78, 5) is 32.5. The maximum atomic E-state index is 12.9. The van der Waals surface area contributed by atoms with Crippen LogP contribution in [0.5, 0.6) is 17.2 Å². The van der Waals surface area contributed by atoms with Gasteiger partial charge in [-0.3, -0.25) is 9.59 Å². The molecule has 8 nitrogen and oxygen atoms in total. The van der Waals surface area contributed by atoms with Crippen molar-refractivity contribution in [3.63, 3.8) is 0 Å². The first-order valence-corrected chi connectivity index (χ1v) is 9.87. The minimum Gasteiger partial charge on any atom is -0.496 e. The summed E-state index contributed by atoms with van der Waals surface area (Å²) in [6, 6.07) is 3.43. The monoisotopic (exact) mass is 405 g/mol. The number of methoxy groups -OCH3 is 3. The first-order chi connectivity index (χ1) is 13.5. The van der Waals surface area contributed by atoms with Gasteiger partial charge in [0.05, 0.1) is 26.9 Å². The Morgan fingerprint density at radius 2 is 1.79 bits per heavy atom. The third-order valence-corrected chi connectivity index (χ3v) is 5.56. The van der Waals surface area contributed by atoms with Crippen molar-refractivity contribution in [1.29, 1.82) is 0 Å². The van der Waals surface area contributed by atoms with Crippen LogP contribution in [0, 0.1) is 0 Å². The van der Waals surface area contributed by atoms with E-state index in [-0.39, 0.29) is 17.9 Å². The number of anilines is 1. The summed E-state index contributed by atoms with van der Waals surface area (Å²) in [7, 11) is 4.59. The van der Waals surface area contributed by atoms with Crippen LogP contribution in [0.1, 0.15) is 36.8 Å². The lowest BCUT2D eigenvalue weighted by atomic mass is 9.86. The third kappa shape index (κ3) is 3.80. The Kier molecular flexibility index (Phi) is 6.13. The molecule has 0 aliphatic carbocycles. The summed E-state index contributed by atoms with van der Waals surface area (Å²) in [5, 5.41) is 3.22. The van der Waals surface area contributed by atoms with Gasteiger partial charge in [0.2, 0.25) is 5.91 Å². The van der Waals surface area contributed by atoms with Gasteiger partial charge in [0, 0.05) is 29.7 Å². The molecule has 2 N–H and O–H groups in total. The van der Waals surface area contributed by atoms with Gasteiger partial charge < -0.3 is 24.5 Å². The molecule has 0 radical (unpaired) electrons. The highest BCUT2D eigenvalue weighted by atomic mass is 32.2. The fourth-order valence-corrected chi connectivity index (χ4v) is 3.93. The van der Waals surface area contributed by atoms with Crippen LogP contribution in [0.25, 0.3) is 0 Å². The molecule has 0 saturated carbocycles. The summed E-state index contributed by atoms with van der Waals surface area (Å²) in [5.41, 5.74) is 0.800. The number of rotatable bonds is 7. The van der Waals surface area contributed by atoms with Crippen molar-refractivity contribution in [2.45, 2.75) is 30.8 Å². The summed E-state index contributed by atoms with van der Waals surface area (Å²) in [6.45, 7) is 2.05. The minimum atomic E-state index is -0.514. The number of benzene rings is 1. The number of fused-ring (bicyclic) bond motifs is 1. The lowest BCUT2D eigenvalue weighted by molar-refractivity contribution is -0.116. The van der Waals surface area contributed by atoms with Crippen LogP contribution in [0.15, 0.2) is 22.1 Å². The lowest BCUT2D eigenvalue weighted by Crippen LogP contribution is -2.31. The Bertz CT molecular complexity index is 944. The molecule has 0 fully saturated rings. The topological polar surface area (TPSA) is 103 Å². The molecule has 2 heterocycles. The van der Waals surface area contributed by atoms with Crippen LogP contribution < -0.4 is 25.1 Å². The zero-order valence-electron chi connectivity index (χ0n) is 16.3. The molecule has 0 bridgehead atoms. The average Bonchev–Trinajstić information content (AvgIpc) is 2.70. The van der Waals surface area contributed by atoms with Gasteiger partial charge in [-0.15, -0.1) is 0 Å². The van der Waals surface area contributed by atoms with E-state index in [0.717, 1.165) is 12.2 Å². The van der Waals surface area contributed by atoms with Gasteiger partial charge in [0.1, 0.15) is 11.6 Å². The van der Waals surface area contributed by atoms with Crippen molar-refractivity contribution < 1.29 is 19.0 Å². The number of carbonyl (C=O) groups is 1. The molecule has 1 aliphatic heterocycles. The summed E-state index contributed by atoms with van der Waals surface area (Å²) in [6.07, 6.45) is 1.05. The van der Waals surface area contributed by atoms with E-state index in [0.29, 0.717) is 39.3 Å². The Balaban J connectivity index is 2.15. The zero-order valence-corrected chi connectivity index (χ0v) is 17.1. The van der Waals surface area contributed by atoms with E-state index in [4.69, 9.17) is 14.2 Å². The van der Waals surface area contributed by atoms with Gasteiger partial charge in [0.15, 0.2) is 16.7 Å². The normalized spacial score (nSPS) is 15.6. The Hall–Kier alpha value is -2.68. The molecular weight excluding hydrogens is 382 g/mol. The van der Waals surface area contributed by atoms with Gasteiger partial charge in [-0.05, 0) is 12.5 Å². The molecule has 2 aromatic rings. The van der Waals surface area contributed by atoms with Crippen LogP contribution >= 0.6 is 11.8 Å². The highest BCUT2D eigenvalue weighted by Crippen LogP contribution is 2.43. The van der Waals surface area contributed by atoms with Gasteiger partial charge in [-0.1, -0.05) is 18.7 Å². The number of thioether (sulfide) groups is 1. The first-order valence-electron chi connectivity index (χ1n) is 8.89. The minimum absolute atomic E-state index is 0.102. The van der Waals surface area contributed by atoms with Crippen LogP contribution in [0.4, 0.5) is 5.82 Å². The molecule has 1 aliphatic rings. The second-order valence-electron chi connectivity index (χ2n) is 6.24. The molecule has 1 atom stereocenters. The number of hydrogen-bond acceptors (Lipinski definition) is 7. The van der Waals surface area contributed by atoms with E-state index in [1.54, 1.807) is 12.1 Å². The average molecular weight is 405 g/mol. The van der Waals surface area contributed by atoms with Crippen molar-refractivity contribution in [2.24, 2.45) is 0 Å². The van der Waals surface area contributed by atoms with Crippen LogP contribution in [0.3, 0.4) is 0 Å². The number of nitrogens with zero attached hydrogens (tertiary/aromatic N) is 1. The van der Waals surface area contributed by atoms with Crippen molar-refractivity contribution in [3.8, 4) is 17.2 Å². The highest BCUT2D eigenvalue weighted by Gasteiger charge is 2.33. The fraction of sp³-hybridized carbons (Fsp3) is 0.421. The Morgan fingerprint density at radius 1 is 1.11 bits per heavy atom. The van der Waals surface area contributed by atoms with Crippen LogP contribution in [-0.2, 0) is 4.79 Å². The number of hydrogen-bond donors (Lipinski definition) is 2. The van der Waals surface area contributed by atoms with E-state index in [2.05, 4.69) is 15.3 Å². The predicted octanol–water partition coefficient (Wildman–Crippen LogP) is 2.77. The molecular formula is C19H23N3O5S. The van der Waals surface area contributed by atoms with E-state index in [1.807, 2.05) is 6.92 Å². The molecule has 28 heavy (non-hydrogen) atoms. The summed E-state index contributed by atoms with van der Waals surface area (Å²) in [5.74, 6) is 1.89. The Morgan fingerprint density at radius 3 is 2.43 bits per heavy atom. The molecule has 0 saturated heterocycles. The molecule has 150 valence electrons. The van der Waals surface area contributed by atoms with Gasteiger partial charge in [-0.2, -0.15) is 0 Å². The standard InChI is InChI=1S/C19H23N3O5S/c1-5-6-28-19-21-17-16(18(24)22-19)11(8-15(23)20-17)10-7-13(26-3)14(27-4)9-12(10)25-2/h7,9,11H,5-6,8H2,1-4H3,(H2,20,21,22,23,24). The van der Waals surface area contributed by atoms with E-state index in [1.165, 1.54) is 33.1 Å². The van der Waals surface area contributed by atoms with E-state index >= 15 is 0 Å². The maximum Gasteiger partial charge on any atom is 0.257 e. The first kappa shape index (κ1) is 20.1. The number of carbonyl (C=O) groups excluding carboxylic acids is 1. The fourth-order valence-electron chi connectivity index (χ4n) is 3.21. The molecule has 0 spiro atoms. The van der Waals surface area contributed by atoms with Gasteiger partial charge in [0.25, 0.3) is 5.56 Å². The third-order valence-electron chi connectivity index (χ3n) is 4.48. The number of ether oxygens (including phenoxy) is 3.